The average Bonchev–Trinajstić information content (AvgIpc) is 3.07. The van der Waals surface area contributed by atoms with Gasteiger partial charge in [0.1, 0.15) is 5.76 Å². The lowest BCUT2D eigenvalue weighted by atomic mass is 9.97. The SMILES string of the molecule is Cc1cc(C(=O)N2CCC[C@@H](c3noc(C)n3)C2)no1. The van der Waals surface area contributed by atoms with E-state index in [1.807, 2.05) is 0 Å². The number of likely N-dealkylation sites (tertiary alicyclic amines) is 1. The third-order valence-electron chi connectivity index (χ3n) is 3.46. The second-order valence-electron chi connectivity index (χ2n) is 5.08. The Hall–Kier alpha value is -2.18. The summed E-state index contributed by atoms with van der Waals surface area (Å²) in [5.41, 5.74) is 0.354. The van der Waals surface area contributed by atoms with E-state index in [1.54, 1.807) is 24.8 Å². The van der Waals surface area contributed by atoms with Gasteiger partial charge in [0.15, 0.2) is 11.5 Å². The van der Waals surface area contributed by atoms with Crippen LogP contribution >= 0.6 is 0 Å². The Bertz CT molecular complexity index is 619. The highest BCUT2D eigenvalue weighted by Crippen LogP contribution is 2.25. The molecule has 7 nitrogen and oxygen atoms in total. The quantitative estimate of drug-likeness (QED) is 0.829. The minimum atomic E-state index is -0.105. The van der Waals surface area contributed by atoms with E-state index in [1.165, 1.54) is 0 Å². The molecule has 3 rings (SSSR count). The lowest BCUT2D eigenvalue weighted by Crippen LogP contribution is -2.39. The van der Waals surface area contributed by atoms with Crippen molar-refractivity contribution in [2.45, 2.75) is 32.6 Å². The van der Waals surface area contributed by atoms with E-state index in [9.17, 15) is 4.79 Å². The van der Waals surface area contributed by atoms with E-state index in [4.69, 9.17) is 9.05 Å². The van der Waals surface area contributed by atoms with Crippen LogP contribution in [-0.4, -0.2) is 39.2 Å². The van der Waals surface area contributed by atoms with Gasteiger partial charge in [0.2, 0.25) is 5.89 Å². The number of aryl methyl sites for hydroxylation is 2. The zero-order valence-corrected chi connectivity index (χ0v) is 11.5. The molecule has 1 aliphatic rings. The highest BCUT2D eigenvalue weighted by Gasteiger charge is 2.29. The minimum absolute atomic E-state index is 0.105. The summed E-state index contributed by atoms with van der Waals surface area (Å²) >= 11 is 0. The van der Waals surface area contributed by atoms with Gasteiger partial charge in [-0.2, -0.15) is 4.98 Å². The Labute approximate surface area is 115 Å². The van der Waals surface area contributed by atoms with Crippen LogP contribution in [0.15, 0.2) is 15.1 Å². The molecule has 2 aromatic rings. The zero-order chi connectivity index (χ0) is 14.1. The van der Waals surface area contributed by atoms with Gasteiger partial charge in [-0.05, 0) is 19.8 Å². The lowest BCUT2D eigenvalue weighted by molar-refractivity contribution is 0.0693. The largest absolute Gasteiger partial charge is 0.361 e. The van der Waals surface area contributed by atoms with E-state index in [-0.39, 0.29) is 11.8 Å². The monoisotopic (exact) mass is 276 g/mol. The predicted octanol–water partition coefficient (Wildman–Crippen LogP) is 1.69. The first-order chi connectivity index (χ1) is 9.63. The van der Waals surface area contributed by atoms with Crippen molar-refractivity contribution in [3.63, 3.8) is 0 Å². The van der Waals surface area contributed by atoms with E-state index in [2.05, 4.69) is 15.3 Å². The Kier molecular flexibility index (Phi) is 3.25. The normalized spacial score (nSPS) is 19.3. The number of piperidine rings is 1. The van der Waals surface area contributed by atoms with Crippen molar-refractivity contribution in [1.29, 1.82) is 0 Å². The summed E-state index contributed by atoms with van der Waals surface area (Å²) in [5.74, 6) is 1.88. The van der Waals surface area contributed by atoms with Crippen LogP contribution in [-0.2, 0) is 0 Å². The number of aromatic nitrogens is 3. The molecule has 1 amide bonds. The van der Waals surface area contributed by atoms with Gasteiger partial charge in [-0.25, -0.2) is 0 Å². The van der Waals surface area contributed by atoms with Crippen LogP contribution in [0.25, 0.3) is 0 Å². The van der Waals surface area contributed by atoms with Crippen LogP contribution in [0, 0.1) is 13.8 Å². The Morgan fingerprint density at radius 2 is 2.20 bits per heavy atom. The Balaban J connectivity index is 1.73. The van der Waals surface area contributed by atoms with Crippen LogP contribution in [0.3, 0.4) is 0 Å². The molecule has 0 unspecified atom stereocenters. The van der Waals surface area contributed by atoms with Crippen molar-refractivity contribution in [3.8, 4) is 0 Å². The standard InChI is InChI=1S/C13H16N4O3/c1-8-6-11(15-19-8)13(18)17-5-3-4-10(7-17)12-14-9(2)20-16-12/h6,10H,3-5,7H2,1-2H3/t10-/m1/s1. The summed E-state index contributed by atoms with van der Waals surface area (Å²) in [6.45, 7) is 4.84. The van der Waals surface area contributed by atoms with Crippen LogP contribution in [0.2, 0.25) is 0 Å². The summed E-state index contributed by atoms with van der Waals surface area (Å²) in [6, 6.07) is 1.66. The number of carbonyl (C=O) groups excluding carboxylic acids is 1. The van der Waals surface area contributed by atoms with Gasteiger partial charge in [0.05, 0.1) is 0 Å². The molecule has 0 radical (unpaired) electrons. The van der Waals surface area contributed by atoms with Gasteiger partial charge in [-0.15, -0.1) is 0 Å². The first-order valence-electron chi connectivity index (χ1n) is 6.66. The maximum atomic E-state index is 12.3. The third kappa shape index (κ3) is 2.43. The van der Waals surface area contributed by atoms with Gasteiger partial charge in [0.25, 0.3) is 5.91 Å². The van der Waals surface area contributed by atoms with Crippen molar-refractivity contribution in [3.05, 3.63) is 29.2 Å². The van der Waals surface area contributed by atoms with Gasteiger partial charge in [-0.1, -0.05) is 10.3 Å². The van der Waals surface area contributed by atoms with Gasteiger partial charge in [0, 0.05) is 32.0 Å². The predicted molar refractivity (Wildman–Crippen MR) is 68.2 cm³/mol. The topological polar surface area (TPSA) is 85.3 Å². The Morgan fingerprint density at radius 3 is 2.85 bits per heavy atom. The molecule has 0 saturated carbocycles. The average molecular weight is 276 g/mol. The molecule has 0 bridgehead atoms. The molecule has 2 aromatic heterocycles. The van der Waals surface area contributed by atoms with Crippen molar-refractivity contribution in [2.75, 3.05) is 13.1 Å². The van der Waals surface area contributed by atoms with Crippen molar-refractivity contribution >= 4 is 5.91 Å². The summed E-state index contributed by atoms with van der Waals surface area (Å²) in [6.07, 6.45) is 1.88. The molecule has 1 fully saturated rings. The second kappa shape index (κ2) is 5.07. The van der Waals surface area contributed by atoms with E-state index < -0.39 is 0 Å². The molecule has 0 N–H and O–H groups in total. The second-order valence-corrected chi connectivity index (χ2v) is 5.08. The highest BCUT2D eigenvalue weighted by molar-refractivity contribution is 5.92. The van der Waals surface area contributed by atoms with Gasteiger partial charge < -0.3 is 13.9 Å². The van der Waals surface area contributed by atoms with Crippen LogP contribution in [0.4, 0.5) is 0 Å². The maximum absolute atomic E-state index is 12.3. The van der Waals surface area contributed by atoms with Crippen molar-refractivity contribution in [2.24, 2.45) is 0 Å². The molecule has 106 valence electrons. The molecule has 7 heteroatoms. The molecular formula is C13H16N4O3. The summed E-state index contributed by atoms with van der Waals surface area (Å²) in [4.78, 5) is 18.4. The first kappa shape index (κ1) is 12.8. The fourth-order valence-electron chi connectivity index (χ4n) is 2.48. The van der Waals surface area contributed by atoms with Crippen LogP contribution in [0.5, 0.6) is 0 Å². The highest BCUT2D eigenvalue weighted by atomic mass is 16.5. The van der Waals surface area contributed by atoms with Crippen LogP contribution in [0.1, 0.15) is 46.7 Å². The van der Waals surface area contributed by atoms with Crippen molar-refractivity contribution < 1.29 is 13.8 Å². The Morgan fingerprint density at radius 1 is 1.35 bits per heavy atom. The fourth-order valence-corrected chi connectivity index (χ4v) is 2.48. The summed E-state index contributed by atoms with van der Waals surface area (Å²) in [7, 11) is 0. The number of rotatable bonds is 2. The minimum Gasteiger partial charge on any atom is -0.361 e. The molecule has 1 aliphatic heterocycles. The number of hydrogen-bond acceptors (Lipinski definition) is 6. The number of nitrogens with zero attached hydrogens (tertiary/aromatic N) is 4. The zero-order valence-electron chi connectivity index (χ0n) is 11.5. The molecule has 0 aliphatic carbocycles. The lowest BCUT2D eigenvalue weighted by Gasteiger charge is -2.30. The summed E-state index contributed by atoms with van der Waals surface area (Å²) in [5, 5.41) is 7.73. The molecule has 1 atom stereocenters. The van der Waals surface area contributed by atoms with Gasteiger partial charge >= 0.3 is 0 Å². The van der Waals surface area contributed by atoms with Crippen LogP contribution < -0.4 is 0 Å². The number of amides is 1. The first-order valence-corrected chi connectivity index (χ1v) is 6.66. The smallest absolute Gasteiger partial charge is 0.276 e. The number of hydrogen-bond donors (Lipinski definition) is 0. The van der Waals surface area contributed by atoms with E-state index >= 15 is 0 Å². The number of carbonyl (C=O) groups is 1. The van der Waals surface area contributed by atoms with E-state index in [0.717, 1.165) is 19.4 Å². The molecule has 1 saturated heterocycles. The molecule has 3 heterocycles. The molecular weight excluding hydrogens is 260 g/mol. The van der Waals surface area contributed by atoms with E-state index in [0.29, 0.717) is 29.7 Å². The van der Waals surface area contributed by atoms with Gasteiger partial charge in [-0.3, -0.25) is 4.79 Å². The molecule has 20 heavy (non-hydrogen) atoms. The van der Waals surface area contributed by atoms with Crippen molar-refractivity contribution in [1.82, 2.24) is 20.2 Å². The third-order valence-corrected chi connectivity index (χ3v) is 3.46. The maximum Gasteiger partial charge on any atom is 0.276 e. The fraction of sp³-hybridized carbons (Fsp3) is 0.538. The molecule has 0 spiro atoms. The summed E-state index contributed by atoms with van der Waals surface area (Å²) < 4.78 is 9.96. The molecule has 0 aromatic carbocycles.